The Kier molecular flexibility index (Phi) is 9.59. The summed E-state index contributed by atoms with van der Waals surface area (Å²) in [4.78, 5) is 22.2. The van der Waals surface area contributed by atoms with E-state index in [0.29, 0.717) is 59.7 Å². The second kappa shape index (κ2) is 12.4. The highest BCUT2D eigenvalue weighted by Crippen LogP contribution is 2.26. The molecule has 0 unspecified atom stereocenters. The van der Waals surface area contributed by atoms with Crippen molar-refractivity contribution < 1.29 is 14.3 Å². The van der Waals surface area contributed by atoms with Crippen molar-refractivity contribution in [1.29, 1.82) is 0 Å². The fourth-order valence-corrected chi connectivity index (χ4v) is 4.05. The van der Waals surface area contributed by atoms with E-state index in [-0.39, 0.29) is 5.91 Å². The number of hydrogen-bond acceptors (Lipinski definition) is 8. The van der Waals surface area contributed by atoms with Gasteiger partial charge in [0.25, 0.3) is 5.91 Å². The van der Waals surface area contributed by atoms with Gasteiger partial charge in [0.05, 0.1) is 24.7 Å². The summed E-state index contributed by atoms with van der Waals surface area (Å²) < 4.78 is 13.1. The van der Waals surface area contributed by atoms with E-state index in [0.717, 1.165) is 11.2 Å². The predicted octanol–water partition coefficient (Wildman–Crippen LogP) is 4.40. The second-order valence-electron chi connectivity index (χ2n) is 8.57. The third-order valence-electron chi connectivity index (χ3n) is 4.90. The predicted molar refractivity (Wildman–Crippen MR) is 140 cm³/mol. The second-order valence-corrected chi connectivity index (χ2v) is 10.6. The summed E-state index contributed by atoms with van der Waals surface area (Å²) in [7, 11) is 0. The number of ether oxygens (including phenoxy) is 2. The van der Waals surface area contributed by atoms with Crippen molar-refractivity contribution in [2.24, 2.45) is 0 Å². The lowest BCUT2D eigenvalue weighted by Gasteiger charge is -2.25. The van der Waals surface area contributed by atoms with Crippen LogP contribution >= 0.6 is 23.4 Å². The highest BCUT2D eigenvalue weighted by molar-refractivity contribution is 7.99. The van der Waals surface area contributed by atoms with E-state index in [2.05, 4.69) is 34.6 Å². The Bertz CT molecular complexity index is 1120. The van der Waals surface area contributed by atoms with Crippen molar-refractivity contribution in [2.75, 3.05) is 31.6 Å². The molecule has 0 bridgehead atoms. The number of fused-ring (bicyclic) bond motifs is 1. The minimum atomic E-state index is -1.05. The normalized spacial score (nSPS) is 11.7. The lowest BCUT2D eigenvalue weighted by molar-refractivity contribution is -0.134. The van der Waals surface area contributed by atoms with Crippen molar-refractivity contribution >= 4 is 46.1 Å². The Hall–Kier alpha value is -2.56. The quantitative estimate of drug-likeness (QED) is 0.194. The fourth-order valence-electron chi connectivity index (χ4n) is 3.22. The fraction of sp³-hybridized carbons (Fsp3) is 0.500. The van der Waals surface area contributed by atoms with E-state index >= 15 is 0 Å². The molecule has 0 saturated carbocycles. The SMILES string of the molecule is CCOCCNc1nc(SC(C)C)nc2c1cnn2CCNC(=O)C(C)(C)Oc1ccc(Cl)cc1. The van der Waals surface area contributed by atoms with Crippen LogP contribution in [0.25, 0.3) is 11.0 Å². The van der Waals surface area contributed by atoms with E-state index < -0.39 is 5.60 Å². The molecule has 11 heteroatoms. The van der Waals surface area contributed by atoms with E-state index in [9.17, 15) is 4.79 Å². The summed E-state index contributed by atoms with van der Waals surface area (Å²) in [5, 5.41) is 13.2. The minimum Gasteiger partial charge on any atom is -0.478 e. The lowest BCUT2D eigenvalue weighted by Crippen LogP contribution is -2.47. The molecule has 0 fully saturated rings. The zero-order chi connectivity index (χ0) is 25.4. The highest BCUT2D eigenvalue weighted by atomic mass is 35.5. The maximum absolute atomic E-state index is 12.8. The molecule has 1 amide bonds. The first-order valence-corrected chi connectivity index (χ1v) is 12.9. The maximum Gasteiger partial charge on any atom is 0.263 e. The van der Waals surface area contributed by atoms with E-state index in [1.807, 2.05) is 6.92 Å². The Morgan fingerprint density at radius 1 is 1.20 bits per heavy atom. The highest BCUT2D eigenvalue weighted by Gasteiger charge is 2.29. The van der Waals surface area contributed by atoms with Gasteiger partial charge in [0, 0.05) is 30.0 Å². The third kappa shape index (κ3) is 7.71. The zero-order valence-electron chi connectivity index (χ0n) is 20.8. The number of carbonyl (C=O) groups excluding carboxylic acids is 1. The van der Waals surface area contributed by atoms with Crippen LogP contribution in [0.5, 0.6) is 5.75 Å². The number of carbonyl (C=O) groups is 1. The number of nitrogens with zero attached hydrogens (tertiary/aromatic N) is 4. The average molecular weight is 521 g/mol. The molecule has 2 N–H and O–H groups in total. The van der Waals surface area contributed by atoms with Crippen molar-refractivity contribution in [2.45, 2.75) is 57.2 Å². The van der Waals surface area contributed by atoms with Gasteiger partial charge in [-0.25, -0.2) is 14.6 Å². The summed E-state index contributed by atoms with van der Waals surface area (Å²) in [5.41, 5.74) is -0.339. The number of thioether (sulfide) groups is 1. The van der Waals surface area contributed by atoms with Gasteiger partial charge in [-0.3, -0.25) is 4.79 Å². The molecule has 0 spiro atoms. The molecular weight excluding hydrogens is 488 g/mol. The van der Waals surface area contributed by atoms with Crippen molar-refractivity contribution in [3.63, 3.8) is 0 Å². The van der Waals surface area contributed by atoms with Crippen LogP contribution in [0.15, 0.2) is 35.6 Å². The lowest BCUT2D eigenvalue weighted by atomic mass is 10.1. The Labute approximate surface area is 215 Å². The molecular formula is C24H33ClN6O3S. The van der Waals surface area contributed by atoms with Gasteiger partial charge in [0.15, 0.2) is 16.4 Å². The minimum absolute atomic E-state index is 0.229. The molecule has 0 radical (unpaired) electrons. The summed E-state index contributed by atoms with van der Waals surface area (Å²) in [6.45, 7) is 12.3. The van der Waals surface area contributed by atoms with Crippen molar-refractivity contribution in [1.82, 2.24) is 25.1 Å². The summed E-state index contributed by atoms with van der Waals surface area (Å²) in [6, 6.07) is 6.92. The number of nitrogens with one attached hydrogen (secondary N) is 2. The smallest absolute Gasteiger partial charge is 0.263 e. The molecule has 2 heterocycles. The monoisotopic (exact) mass is 520 g/mol. The molecule has 0 atom stereocenters. The Morgan fingerprint density at radius 2 is 1.94 bits per heavy atom. The first kappa shape index (κ1) is 27.0. The summed E-state index contributed by atoms with van der Waals surface area (Å²) in [5.74, 6) is 1.07. The molecule has 3 aromatic rings. The van der Waals surface area contributed by atoms with Gasteiger partial charge in [0.2, 0.25) is 0 Å². The van der Waals surface area contributed by atoms with E-state index in [1.54, 1.807) is 60.8 Å². The largest absolute Gasteiger partial charge is 0.478 e. The Morgan fingerprint density at radius 3 is 2.63 bits per heavy atom. The van der Waals surface area contributed by atoms with Crippen LogP contribution < -0.4 is 15.4 Å². The van der Waals surface area contributed by atoms with Gasteiger partial charge in [-0.15, -0.1) is 0 Å². The first-order valence-electron chi connectivity index (χ1n) is 11.6. The van der Waals surface area contributed by atoms with Crippen LogP contribution in [0.4, 0.5) is 5.82 Å². The average Bonchev–Trinajstić information content (AvgIpc) is 3.20. The number of amides is 1. The number of hydrogen-bond donors (Lipinski definition) is 2. The van der Waals surface area contributed by atoms with Gasteiger partial charge in [-0.05, 0) is 45.0 Å². The van der Waals surface area contributed by atoms with Crippen LogP contribution in [0, 0.1) is 0 Å². The van der Waals surface area contributed by atoms with Gasteiger partial charge in [-0.1, -0.05) is 37.2 Å². The van der Waals surface area contributed by atoms with Gasteiger partial charge in [0.1, 0.15) is 11.6 Å². The van der Waals surface area contributed by atoms with Crippen LogP contribution in [0.1, 0.15) is 34.6 Å². The standard InChI is InChI=1S/C24H33ClN6O3S/c1-6-33-14-12-26-20-19-15-28-31(21(19)30-23(29-20)35-16(2)3)13-11-27-22(32)24(4,5)34-18-9-7-17(25)8-10-18/h7-10,15-16H,6,11-14H2,1-5H3,(H,27,32)(H,26,29,30). The summed E-state index contributed by atoms with van der Waals surface area (Å²) >= 11 is 7.51. The zero-order valence-corrected chi connectivity index (χ0v) is 22.4. The number of halogens is 1. The number of anilines is 1. The topological polar surface area (TPSA) is 103 Å². The van der Waals surface area contributed by atoms with E-state index in [1.165, 1.54) is 0 Å². The summed E-state index contributed by atoms with van der Waals surface area (Å²) in [6.07, 6.45) is 1.75. The van der Waals surface area contributed by atoms with Crippen LogP contribution in [0.3, 0.4) is 0 Å². The molecule has 1 aromatic carbocycles. The van der Waals surface area contributed by atoms with Crippen molar-refractivity contribution in [3.05, 3.63) is 35.5 Å². The number of benzene rings is 1. The van der Waals surface area contributed by atoms with E-state index in [4.69, 9.17) is 26.1 Å². The molecule has 0 aliphatic rings. The van der Waals surface area contributed by atoms with Gasteiger partial charge >= 0.3 is 0 Å². The third-order valence-corrected chi connectivity index (χ3v) is 6.02. The number of rotatable bonds is 13. The maximum atomic E-state index is 12.8. The molecule has 9 nitrogen and oxygen atoms in total. The first-order chi connectivity index (χ1) is 16.7. The molecule has 0 aliphatic heterocycles. The molecule has 190 valence electrons. The van der Waals surface area contributed by atoms with Gasteiger partial charge < -0.3 is 20.1 Å². The number of aromatic nitrogens is 4. The van der Waals surface area contributed by atoms with Crippen molar-refractivity contribution in [3.8, 4) is 5.75 Å². The molecule has 35 heavy (non-hydrogen) atoms. The Balaban J connectivity index is 1.67. The van der Waals surface area contributed by atoms with Crippen LogP contribution in [-0.4, -0.2) is 62.8 Å². The van der Waals surface area contributed by atoms with Crippen LogP contribution in [-0.2, 0) is 16.1 Å². The molecule has 0 saturated heterocycles. The molecule has 3 rings (SSSR count). The molecule has 2 aromatic heterocycles. The van der Waals surface area contributed by atoms with Gasteiger partial charge in [-0.2, -0.15) is 5.10 Å². The molecule has 0 aliphatic carbocycles. The van der Waals surface area contributed by atoms with Crippen LogP contribution in [0.2, 0.25) is 5.02 Å².